The number of amides is 1. The number of nitrogens with two attached hydrogens (primary N) is 2. The molecular formula is C5H10N2O. The first-order chi connectivity index (χ1) is 3.57. The Morgan fingerprint density at radius 2 is 2.25 bits per heavy atom. The maximum atomic E-state index is 10.4. The van der Waals surface area contributed by atoms with Crippen molar-refractivity contribution in [3.63, 3.8) is 0 Å². The number of carbonyl (C=O) groups excluding carboxylic acids is 1. The third-order valence-corrected chi connectivity index (χ3v) is 1.87. The van der Waals surface area contributed by atoms with E-state index in [9.17, 15) is 4.79 Å². The molecule has 1 aliphatic rings. The summed E-state index contributed by atoms with van der Waals surface area (Å²) in [7, 11) is 0. The normalized spacial score (nSPS) is 44.0. The van der Waals surface area contributed by atoms with E-state index in [1.54, 1.807) is 6.92 Å². The minimum atomic E-state index is -0.375. The van der Waals surface area contributed by atoms with Gasteiger partial charge in [-0.2, -0.15) is 0 Å². The Labute approximate surface area is 48.0 Å². The maximum absolute atomic E-state index is 10.4. The van der Waals surface area contributed by atoms with Crippen molar-refractivity contribution < 1.29 is 4.79 Å². The minimum Gasteiger partial charge on any atom is -0.369 e. The summed E-state index contributed by atoms with van der Waals surface area (Å²) < 4.78 is 0. The number of hydrogen-bond donors (Lipinski definition) is 2. The van der Waals surface area contributed by atoms with E-state index in [2.05, 4.69) is 0 Å². The Bertz CT molecular complexity index is 134. The zero-order chi connectivity index (χ0) is 6.36. The van der Waals surface area contributed by atoms with E-state index < -0.39 is 0 Å². The largest absolute Gasteiger partial charge is 0.369 e. The Hall–Kier alpha value is -0.570. The second-order valence-electron chi connectivity index (χ2n) is 2.59. The maximum Gasteiger partial charge on any atom is 0.224 e. The molecule has 4 N–H and O–H groups in total. The molecule has 2 atom stereocenters. The van der Waals surface area contributed by atoms with Crippen molar-refractivity contribution in [2.45, 2.75) is 19.4 Å². The molecule has 0 saturated heterocycles. The zero-order valence-corrected chi connectivity index (χ0v) is 4.85. The first kappa shape index (κ1) is 5.56. The van der Waals surface area contributed by atoms with Crippen LogP contribution in [0.3, 0.4) is 0 Å². The Morgan fingerprint density at radius 3 is 2.25 bits per heavy atom. The van der Waals surface area contributed by atoms with Crippen LogP contribution in [0.1, 0.15) is 13.3 Å². The smallest absolute Gasteiger partial charge is 0.224 e. The monoisotopic (exact) mass is 114 g/mol. The van der Waals surface area contributed by atoms with Crippen molar-refractivity contribution in [2.24, 2.45) is 16.9 Å². The molecule has 0 spiro atoms. The summed E-state index contributed by atoms with van der Waals surface area (Å²) in [6, 6.07) is 0.0139. The average molecular weight is 114 g/mol. The fraction of sp³-hybridized carbons (Fsp3) is 0.800. The lowest BCUT2D eigenvalue weighted by molar-refractivity contribution is -0.122. The molecule has 0 aliphatic heterocycles. The Morgan fingerprint density at radius 1 is 1.88 bits per heavy atom. The topological polar surface area (TPSA) is 69.1 Å². The SMILES string of the molecule is CC1(C(N)=O)C[C@H]1N. The fourth-order valence-electron chi connectivity index (χ4n) is 0.681. The first-order valence-corrected chi connectivity index (χ1v) is 2.63. The van der Waals surface area contributed by atoms with Gasteiger partial charge >= 0.3 is 0 Å². The van der Waals surface area contributed by atoms with Crippen molar-refractivity contribution in [3.8, 4) is 0 Å². The third-order valence-electron chi connectivity index (χ3n) is 1.87. The highest BCUT2D eigenvalue weighted by Crippen LogP contribution is 2.42. The molecule has 3 heteroatoms. The van der Waals surface area contributed by atoms with Gasteiger partial charge in [0, 0.05) is 6.04 Å². The van der Waals surface area contributed by atoms with E-state index in [4.69, 9.17) is 11.5 Å². The Kier molecular flexibility index (Phi) is 0.854. The van der Waals surface area contributed by atoms with Gasteiger partial charge in [0.25, 0.3) is 0 Å². The molecule has 1 amide bonds. The van der Waals surface area contributed by atoms with Crippen LogP contribution in [0.25, 0.3) is 0 Å². The molecule has 0 aromatic heterocycles. The summed E-state index contributed by atoms with van der Waals surface area (Å²) in [6.45, 7) is 1.79. The van der Waals surface area contributed by atoms with Crippen LogP contribution in [0.5, 0.6) is 0 Å². The van der Waals surface area contributed by atoms with Gasteiger partial charge in [0.05, 0.1) is 5.41 Å². The molecule has 0 heterocycles. The van der Waals surface area contributed by atoms with Crippen molar-refractivity contribution >= 4 is 5.91 Å². The number of hydrogen-bond acceptors (Lipinski definition) is 2. The van der Waals surface area contributed by atoms with Crippen LogP contribution < -0.4 is 11.5 Å². The highest BCUT2D eigenvalue weighted by Gasteiger charge is 2.52. The molecule has 1 aliphatic carbocycles. The molecule has 0 bridgehead atoms. The molecule has 0 aromatic rings. The van der Waals surface area contributed by atoms with Gasteiger partial charge in [-0.05, 0) is 13.3 Å². The third kappa shape index (κ3) is 0.512. The van der Waals surface area contributed by atoms with E-state index in [1.165, 1.54) is 0 Å². The van der Waals surface area contributed by atoms with Crippen LogP contribution in [0.2, 0.25) is 0 Å². The van der Waals surface area contributed by atoms with Crippen molar-refractivity contribution in [1.29, 1.82) is 0 Å². The number of carbonyl (C=O) groups is 1. The van der Waals surface area contributed by atoms with Crippen LogP contribution >= 0.6 is 0 Å². The fourth-order valence-corrected chi connectivity index (χ4v) is 0.681. The van der Waals surface area contributed by atoms with Crippen LogP contribution in [0.4, 0.5) is 0 Å². The van der Waals surface area contributed by atoms with E-state index in [0.29, 0.717) is 0 Å². The molecule has 1 unspecified atom stereocenters. The molecule has 46 valence electrons. The average Bonchev–Trinajstić information content (AvgIpc) is 2.17. The second kappa shape index (κ2) is 1.23. The van der Waals surface area contributed by atoms with Gasteiger partial charge < -0.3 is 11.5 Å². The number of primary amides is 1. The van der Waals surface area contributed by atoms with Crippen molar-refractivity contribution in [1.82, 2.24) is 0 Å². The summed E-state index contributed by atoms with van der Waals surface area (Å²) in [4.78, 5) is 10.4. The Balaban J connectivity index is 2.60. The van der Waals surface area contributed by atoms with Gasteiger partial charge in [0.2, 0.25) is 5.91 Å². The van der Waals surface area contributed by atoms with Crippen molar-refractivity contribution in [3.05, 3.63) is 0 Å². The molecule has 0 radical (unpaired) electrons. The van der Waals surface area contributed by atoms with Gasteiger partial charge in [-0.3, -0.25) is 4.79 Å². The van der Waals surface area contributed by atoms with Crippen LogP contribution in [0, 0.1) is 5.41 Å². The second-order valence-corrected chi connectivity index (χ2v) is 2.59. The van der Waals surface area contributed by atoms with Gasteiger partial charge in [0.1, 0.15) is 0 Å². The van der Waals surface area contributed by atoms with Crippen LogP contribution in [-0.2, 0) is 4.79 Å². The lowest BCUT2D eigenvalue weighted by Gasteiger charge is -1.99. The molecule has 3 nitrogen and oxygen atoms in total. The quantitative estimate of drug-likeness (QED) is 0.469. The first-order valence-electron chi connectivity index (χ1n) is 2.63. The lowest BCUT2D eigenvalue weighted by atomic mass is 10.1. The summed E-state index contributed by atoms with van der Waals surface area (Å²) in [5.74, 6) is -0.273. The van der Waals surface area contributed by atoms with Gasteiger partial charge in [-0.15, -0.1) is 0 Å². The van der Waals surface area contributed by atoms with Crippen LogP contribution in [0.15, 0.2) is 0 Å². The van der Waals surface area contributed by atoms with E-state index in [1.807, 2.05) is 0 Å². The lowest BCUT2D eigenvalue weighted by Crippen LogP contribution is -2.27. The predicted molar refractivity (Wildman–Crippen MR) is 29.9 cm³/mol. The summed E-state index contributed by atoms with van der Waals surface area (Å²) in [5, 5.41) is 0. The molecule has 1 fully saturated rings. The standard InChI is InChI=1S/C5H10N2O/c1-5(4(7)8)2-3(5)6/h3H,2,6H2,1H3,(H2,7,8)/t3-,5?/m1/s1. The minimum absolute atomic E-state index is 0.0139. The highest BCUT2D eigenvalue weighted by molar-refractivity contribution is 5.84. The molecule has 8 heavy (non-hydrogen) atoms. The summed E-state index contributed by atoms with van der Waals surface area (Å²) in [6.07, 6.45) is 0.752. The van der Waals surface area contributed by atoms with Crippen molar-refractivity contribution in [2.75, 3.05) is 0 Å². The predicted octanol–water partition coefficient (Wildman–Crippen LogP) is -0.791. The molecule has 1 saturated carbocycles. The van der Waals surface area contributed by atoms with E-state index in [-0.39, 0.29) is 17.4 Å². The summed E-state index contributed by atoms with van der Waals surface area (Å²) >= 11 is 0. The molecule has 1 rings (SSSR count). The molecular weight excluding hydrogens is 104 g/mol. The number of rotatable bonds is 1. The van der Waals surface area contributed by atoms with Crippen LogP contribution in [-0.4, -0.2) is 11.9 Å². The van der Waals surface area contributed by atoms with E-state index in [0.717, 1.165) is 6.42 Å². The van der Waals surface area contributed by atoms with E-state index >= 15 is 0 Å². The summed E-state index contributed by atoms with van der Waals surface area (Å²) in [5.41, 5.74) is 10.0. The van der Waals surface area contributed by atoms with Gasteiger partial charge in [-0.1, -0.05) is 0 Å². The van der Waals surface area contributed by atoms with Gasteiger partial charge in [0.15, 0.2) is 0 Å². The van der Waals surface area contributed by atoms with Gasteiger partial charge in [-0.25, -0.2) is 0 Å². The zero-order valence-electron chi connectivity index (χ0n) is 4.85. The highest BCUT2D eigenvalue weighted by atomic mass is 16.1. The molecule has 0 aromatic carbocycles.